The Kier molecular flexibility index (Phi) is 4.14. The molecular formula is C7H16N2. The Bertz CT molecular complexity index is 93.5. The summed E-state index contributed by atoms with van der Waals surface area (Å²) in [4.78, 5) is 0. The van der Waals surface area contributed by atoms with Crippen molar-refractivity contribution in [3.63, 3.8) is 0 Å². The molecule has 2 nitrogen and oxygen atoms in total. The lowest BCUT2D eigenvalue weighted by molar-refractivity contribution is 0.697. The molecule has 1 aliphatic heterocycles. The zero-order chi connectivity index (χ0) is 7.28. The number of rotatable bonds is 0. The predicted octanol–water partition coefficient (Wildman–Crippen LogP) is 1.41. The maximum Gasteiger partial charge on any atom is 0.0375 e. The van der Waals surface area contributed by atoms with Crippen LogP contribution < -0.4 is 10.9 Å². The maximum atomic E-state index is 3.00. The summed E-state index contributed by atoms with van der Waals surface area (Å²) in [7, 11) is 0. The highest BCUT2D eigenvalue weighted by Crippen LogP contribution is 2.00. The molecule has 2 heteroatoms. The smallest absolute Gasteiger partial charge is 0.0375 e. The average Bonchev–Trinajstić information content (AvgIpc) is 2.23. The van der Waals surface area contributed by atoms with Gasteiger partial charge in [-0.2, -0.15) is 0 Å². The molecule has 1 rings (SSSR count). The molecule has 54 valence electrons. The van der Waals surface area contributed by atoms with Crippen LogP contribution in [0.5, 0.6) is 0 Å². The Labute approximate surface area is 57.3 Å². The molecule has 1 heterocycles. The number of nitrogens with one attached hydrogen (secondary N) is 2. The van der Waals surface area contributed by atoms with Crippen LogP contribution in [0.4, 0.5) is 0 Å². The molecule has 0 saturated heterocycles. The fraction of sp³-hybridized carbons (Fsp3) is 0.714. The molecule has 0 fully saturated rings. The van der Waals surface area contributed by atoms with E-state index in [0.717, 1.165) is 6.54 Å². The van der Waals surface area contributed by atoms with Gasteiger partial charge in [-0.05, 0) is 19.4 Å². The molecule has 0 aliphatic carbocycles. The van der Waals surface area contributed by atoms with Crippen LogP contribution in [0.3, 0.4) is 0 Å². The summed E-state index contributed by atoms with van der Waals surface area (Å²) in [6.07, 6.45) is 0. The molecule has 0 atom stereocenters. The van der Waals surface area contributed by atoms with Gasteiger partial charge < -0.3 is 5.43 Å². The zero-order valence-electron chi connectivity index (χ0n) is 6.71. The van der Waals surface area contributed by atoms with E-state index in [4.69, 9.17) is 0 Å². The Hall–Kier alpha value is -0.500. The number of hydrogen-bond donors (Lipinski definition) is 2. The highest BCUT2D eigenvalue weighted by molar-refractivity contribution is 5.12. The van der Waals surface area contributed by atoms with Gasteiger partial charge in [0.25, 0.3) is 0 Å². The van der Waals surface area contributed by atoms with E-state index in [1.807, 2.05) is 13.8 Å². The molecule has 9 heavy (non-hydrogen) atoms. The first-order chi connectivity index (χ1) is 4.30. The maximum absolute atomic E-state index is 3.00. The van der Waals surface area contributed by atoms with E-state index in [0.29, 0.717) is 0 Å². The Morgan fingerprint density at radius 3 is 1.89 bits per heavy atom. The second-order valence-electron chi connectivity index (χ2n) is 1.88. The van der Waals surface area contributed by atoms with Gasteiger partial charge >= 0.3 is 0 Å². The molecule has 0 radical (unpaired) electrons. The number of allylic oxidation sites excluding steroid dienone is 1. The largest absolute Gasteiger partial charge is 0.326 e. The number of hydrogen-bond acceptors (Lipinski definition) is 2. The Morgan fingerprint density at radius 2 is 1.78 bits per heavy atom. The summed E-state index contributed by atoms with van der Waals surface area (Å²) < 4.78 is 0. The molecule has 0 amide bonds. The van der Waals surface area contributed by atoms with Gasteiger partial charge in [0.2, 0.25) is 0 Å². The van der Waals surface area contributed by atoms with Crippen molar-refractivity contribution in [2.24, 2.45) is 0 Å². The van der Waals surface area contributed by atoms with Crippen LogP contribution in [0.25, 0.3) is 0 Å². The molecule has 0 spiro atoms. The minimum Gasteiger partial charge on any atom is -0.326 e. The SMILES string of the molecule is CC.CC1=C(C)NNC1. The quantitative estimate of drug-likeness (QED) is 0.515. The van der Waals surface area contributed by atoms with E-state index in [2.05, 4.69) is 24.7 Å². The standard InChI is InChI=1S/C5H10N2.C2H6/c1-4-3-6-7-5(4)2;1-2/h6-7H,3H2,1-2H3;1-2H3. The second kappa shape index (κ2) is 4.39. The van der Waals surface area contributed by atoms with Crippen molar-refractivity contribution in [2.75, 3.05) is 6.54 Å². The summed E-state index contributed by atoms with van der Waals surface area (Å²) in [5.74, 6) is 0. The normalized spacial score (nSPS) is 16.4. The lowest BCUT2D eigenvalue weighted by atomic mass is 10.3. The minimum atomic E-state index is 0.992. The third-order valence-electron chi connectivity index (χ3n) is 1.27. The third-order valence-corrected chi connectivity index (χ3v) is 1.27. The molecule has 0 aromatic rings. The van der Waals surface area contributed by atoms with E-state index < -0.39 is 0 Å². The van der Waals surface area contributed by atoms with E-state index in [1.54, 1.807) is 0 Å². The van der Waals surface area contributed by atoms with Crippen LogP contribution in [0.2, 0.25) is 0 Å². The second-order valence-corrected chi connectivity index (χ2v) is 1.88. The van der Waals surface area contributed by atoms with Crippen molar-refractivity contribution in [1.82, 2.24) is 10.9 Å². The molecule has 0 unspecified atom stereocenters. The first kappa shape index (κ1) is 8.50. The van der Waals surface area contributed by atoms with Crippen LogP contribution in [-0.2, 0) is 0 Å². The molecule has 2 N–H and O–H groups in total. The van der Waals surface area contributed by atoms with Crippen molar-refractivity contribution in [1.29, 1.82) is 0 Å². The van der Waals surface area contributed by atoms with Crippen LogP contribution in [0.15, 0.2) is 11.3 Å². The van der Waals surface area contributed by atoms with E-state index >= 15 is 0 Å². The van der Waals surface area contributed by atoms with Crippen LogP contribution in [0, 0.1) is 0 Å². The highest BCUT2D eigenvalue weighted by Gasteiger charge is 2.01. The van der Waals surface area contributed by atoms with Crippen molar-refractivity contribution >= 4 is 0 Å². The summed E-state index contributed by atoms with van der Waals surface area (Å²) >= 11 is 0. The summed E-state index contributed by atoms with van der Waals surface area (Å²) in [5.41, 5.74) is 8.66. The van der Waals surface area contributed by atoms with Crippen molar-refractivity contribution in [2.45, 2.75) is 27.7 Å². The lowest BCUT2D eigenvalue weighted by Crippen LogP contribution is -2.22. The van der Waals surface area contributed by atoms with Crippen LogP contribution >= 0.6 is 0 Å². The van der Waals surface area contributed by atoms with Gasteiger partial charge in [0.15, 0.2) is 0 Å². The van der Waals surface area contributed by atoms with E-state index in [1.165, 1.54) is 11.3 Å². The van der Waals surface area contributed by atoms with Gasteiger partial charge in [-0.15, -0.1) is 0 Å². The van der Waals surface area contributed by atoms with Gasteiger partial charge in [-0.3, -0.25) is 0 Å². The highest BCUT2D eigenvalue weighted by atomic mass is 15.4. The van der Waals surface area contributed by atoms with Crippen molar-refractivity contribution < 1.29 is 0 Å². The molecule has 0 aromatic carbocycles. The van der Waals surface area contributed by atoms with Gasteiger partial charge in [-0.25, -0.2) is 5.43 Å². The fourth-order valence-electron chi connectivity index (χ4n) is 0.549. The van der Waals surface area contributed by atoms with Gasteiger partial charge in [-0.1, -0.05) is 13.8 Å². The fourth-order valence-corrected chi connectivity index (χ4v) is 0.549. The molecule has 0 saturated carbocycles. The van der Waals surface area contributed by atoms with Gasteiger partial charge in [0, 0.05) is 12.2 Å². The van der Waals surface area contributed by atoms with Crippen LogP contribution in [0.1, 0.15) is 27.7 Å². The van der Waals surface area contributed by atoms with Crippen molar-refractivity contribution in [3.05, 3.63) is 11.3 Å². The van der Waals surface area contributed by atoms with Gasteiger partial charge in [0.1, 0.15) is 0 Å². The first-order valence-electron chi connectivity index (χ1n) is 3.46. The molecule has 0 aromatic heterocycles. The summed E-state index contributed by atoms with van der Waals surface area (Å²) in [6, 6.07) is 0. The molecular weight excluding hydrogens is 112 g/mol. The molecule has 0 bridgehead atoms. The first-order valence-corrected chi connectivity index (χ1v) is 3.46. The Balaban J connectivity index is 0.000000291. The molecule has 1 aliphatic rings. The van der Waals surface area contributed by atoms with Gasteiger partial charge in [0.05, 0.1) is 0 Å². The van der Waals surface area contributed by atoms with E-state index in [9.17, 15) is 0 Å². The predicted molar refractivity (Wildman–Crippen MR) is 40.9 cm³/mol. The van der Waals surface area contributed by atoms with Crippen LogP contribution in [-0.4, -0.2) is 6.54 Å². The number of hydrazine groups is 1. The van der Waals surface area contributed by atoms with Crippen molar-refractivity contribution in [3.8, 4) is 0 Å². The lowest BCUT2D eigenvalue weighted by Gasteiger charge is -1.91. The third kappa shape index (κ3) is 2.51. The summed E-state index contributed by atoms with van der Waals surface area (Å²) in [5, 5.41) is 0. The average molecular weight is 128 g/mol. The zero-order valence-corrected chi connectivity index (χ0v) is 6.71. The monoisotopic (exact) mass is 128 g/mol. The topological polar surface area (TPSA) is 24.1 Å². The van der Waals surface area contributed by atoms with E-state index in [-0.39, 0.29) is 0 Å². The Morgan fingerprint density at radius 1 is 1.22 bits per heavy atom. The summed E-state index contributed by atoms with van der Waals surface area (Å²) in [6.45, 7) is 9.17. The minimum absolute atomic E-state index is 0.992.